The maximum Gasteiger partial charge on any atom is 0.0398 e. The highest BCUT2D eigenvalue weighted by Crippen LogP contribution is 2.46. The summed E-state index contributed by atoms with van der Waals surface area (Å²) in [6.07, 6.45) is 22.9. The van der Waals surface area contributed by atoms with E-state index in [0.29, 0.717) is 9.65 Å². The maximum absolute atomic E-state index is 3.90. The Hall–Kier alpha value is -0.600. The molecule has 0 N–H and O–H groups in total. The summed E-state index contributed by atoms with van der Waals surface area (Å²) in [5.41, 5.74) is 6.31. The number of hydrogen-bond acceptors (Lipinski definition) is 0. The zero-order valence-electron chi connectivity index (χ0n) is 25.7. The summed E-state index contributed by atoms with van der Waals surface area (Å²) in [7, 11) is 0. The highest BCUT2D eigenvalue weighted by Gasteiger charge is 2.29. The lowest BCUT2D eigenvalue weighted by Gasteiger charge is -2.19. The molecule has 0 spiro atoms. The van der Waals surface area contributed by atoms with Crippen LogP contribution in [0.25, 0.3) is 0 Å². The molecule has 0 bridgehead atoms. The van der Waals surface area contributed by atoms with Gasteiger partial charge in [-0.15, -0.1) is 0 Å². The average molecular weight is 663 g/mol. The smallest absolute Gasteiger partial charge is 0.0398 e. The summed E-state index contributed by atoms with van der Waals surface area (Å²) in [4.78, 5) is 0.993. The second-order valence-electron chi connectivity index (χ2n) is 11.8. The van der Waals surface area contributed by atoms with E-state index in [-0.39, 0.29) is 0 Å². The first-order chi connectivity index (χ1) is 19.1. The monoisotopic (exact) mass is 660 g/mol. The normalized spacial score (nSPS) is 17.8. The van der Waals surface area contributed by atoms with Crippen molar-refractivity contribution in [2.24, 2.45) is 0 Å². The molecule has 0 amide bonds. The zero-order valence-corrected chi connectivity index (χ0v) is 28.9. The van der Waals surface area contributed by atoms with Crippen molar-refractivity contribution in [3.8, 4) is 0 Å². The first kappa shape index (κ1) is 34.6. The Bertz CT molecular complexity index is 805. The van der Waals surface area contributed by atoms with Crippen molar-refractivity contribution < 1.29 is 0 Å². The van der Waals surface area contributed by atoms with E-state index in [1.165, 1.54) is 120 Å². The van der Waals surface area contributed by atoms with Gasteiger partial charge in [-0.3, -0.25) is 0 Å². The van der Waals surface area contributed by atoms with E-state index in [2.05, 4.69) is 108 Å². The molecular formula is C37H58Br2. The maximum atomic E-state index is 3.90. The van der Waals surface area contributed by atoms with Crippen LogP contribution in [-0.2, 0) is 0 Å². The Balaban J connectivity index is 0.000000274. The lowest BCUT2D eigenvalue weighted by Crippen LogP contribution is -2.00. The van der Waals surface area contributed by atoms with Gasteiger partial charge in [-0.25, -0.2) is 0 Å². The molecule has 2 aromatic rings. The van der Waals surface area contributed by atoms with E-state index in [9.17, 15) is 0 Å². The largest absolute Gasteiger partial charge is 0.0839 e. The van der Waals surface area contributed by atoms with Crippen LogP contribution < -0.4 is 0 Å². The molecule has 2 heteroatoms. The van der Waals surface area contributed by atoms with E-state index < -0.39 is 0 Å². The number of alkyl halides is 2. The third kappa shape index (κ3) is 12.4. The highest BCUT2D eigenvalue weighted by molar-refractivity contribution is 9.09. The minimum atomic E-state index is 0.497. The van der Waals surface area contributed by atoms with Gasteiger partial charge in [0.05, 0.1) is 0 Å². The number of halogens is 2. The predicted octanol–water partition coefficient (Wildman–Crippen LogP) is 14.1. The Labute approximate surface area is 259 Å². The van der Waals surface area contributed by atoms with Gasteiger partial charge in [-0.2, -0.15) is 0 Å². The van der Waals surface area contributed by atoms with Crippen LogP contribution in [0, 0.1) is 0 Å². The summed E-state index contributed by atoms with van der Waals surface area (Å²) >= 11 is 7.79. The summed E-state index contributed by atoms with van der Waals surface area (Å²) in [6.45, 7) is 9.13. The molecule has 1 aliphatic carbocycles. The van der Waals surface area contributed by atoms with Crippen molar-refractivity contribution in [3.05, 3.63) is 70.8 Å². The van der Waals surface area contributed by atoms with Gasteiger partial charge in [0.25, 0.3) is 0 Å². The highest BCUT2D eigenvalue weighted by atomic mass is 79.9. The molecule has 4 unspecified atom stereocenters. The minimum absolute atomic E-state index is 0.497. The molecular weight excluding hydrogens is 604 g/mol. The molecule has 0 radical (unpaired) electrons. The van der Waals surface area contributed by atoms with Crippen LogP contribution in [0.1, 0.15) is 181 Å². The number of benzene rings is 2. The van der Waals surface area contributed by atoms with E-state index in [1.807, 2.05) is 0 Å². The molecule has 220 valence electrons. The molecule has 0 fully saturated rings. The van der Waals surface area contributed by atoms with Gasteiger partial charge in [0.15, 0.2) is 0 Å². The number of fused-ring (bicyclic) bond motifs is 1. The van der Waals surface area contributed by atoms with E-state index >= 15 is 0 Å². The van der Waals surface area contributed by atoms with Crippen molar-refractivity contribution in [1.82, 2.24) is 0 Å². The van der Waals surface area contributed by atoms with Crippen LogP contribution in [0.15, 0.2) is 48.5 Å². The summed E-state index contributed by atoms with van der Waals surface area (Å²) in [6, 6.07) is 18.2. The third-order valence-electron chi connectivity index (χ3n) is 8.55. The second-order valence-corrected chi connectivity index (χ2v) is 14.0. The molecule has 39 heavy (non-hydrogen) atoms. The van der Waals surface area contributed by atoms with E-state index in [4.69, 9.17) is 0 Å². The van der Waals surface area contributed by atoms with Crippen LogP contribution in [0.5, 0.6) is 0 Å². The van der Waals surface area contributed by atoms with Crippen molar-refractivity contribution in [1.29, 1.82) is 0 Å². The van der Waals surface area contributed by atoms with Crippen molar-refractivity contribution in [3.63, 3.8) is 0 Å². The molecule has 2 aromatic carbocycles. The first-order valence-electron chi connectivity index (χ1n) is 16.5. The standard InChI is InChI=1S/C19H30.C18H28Br2/c1-3-5-7-11-16-15-17(12-8-6-4-2)19-14-10-9-13-18(16)19;1-3-5-7-13-17(19)15-11-9-10-12-16(15)18(20)14-8-6-4-2/h9-10,13-14,16-17H,3-8,11-12,15H2,1-2H3;9-12,17-18H,3-8,13-14H2,1-2H3. The molecule has 0 aliphatic heterocycles. The van der Waals surface area contributed by atoms with Crippen molar-refractivity contribution in [2.75, 3.05) is 0 Å². The topological polar surface area (TPSA) is 0 Å². The van der Waals surface area contributed by atoms with Crippen LogP contribution in [-0.4, -0.2) is 0 Å². The van der Waals surface area contributed by atoms with Crippen LogP contribution >= 0.6 is 31.9 Å². The van der Waals surface area contributed by atoms with E-state index in [0.717, 1.165) is 11.8 Å². The van der Waals surface area contributed by atoms with Gasteiger partial charge in [0.2, 0.25) is 0 Å². The lowest BCUT2D eigenvalue weighted by molar-refractivity contribution is 0.493. The Morgan fingerprint density at radius 2 is 0.897 bits per heavy atom. The molecule has 0 heterocycles. The molecule has 0 saturated carbocycles. The lowest BCUT2D eigenvalue weighted by atomic mass is 9.93. The molecule has 0 nitrogen and oxygen atoms in total. The van der Waals surface area contributed by atoms with Gasteiger partial charge in [-0.05, 0) is 66.2 Å². The fourth-order valence-electron chi connectivity index (χ4n) is 6.22. The molecule has 3 rings (SSSR count). The SMILES string of the molecule is CCCCCC(Br)c1ccccc1C(Br)CCCCC.CCCCCC1CC(CCCCC)c2ccccc21. The van der Waals surface area contributed by atoms with Gasteiger partial charge >= 0.3 is 0 Å². The Morgan fingerprint density at radius 1 is 0.538 bits per heavy atom. The van der Waals surface area contributed by atoms with Crippen LogP contribution in [0.4, 0.5) is 0 Å². The number of unbranched alkanes of at least 4 members (excludes halogenated alkanes) is 8. The van der Waals surface area contributed by atoms with Crippen LogP contribution in [0.3, 0.4) is 0 Å². The minimum Gasteiger partial charge on any atom is -0.0839 e. The summed E-state index contributed by atoms with van der Waals surface area (Å²) in [5, 5.41) is 0. The Morgan fingerprint density at radius 3 is 1.28 bits per heavy atom. The zero-order chi connectivity index (χ0) is 28.3. The quantitative estimate of drug-likeness (QED) is 0.110. The predicted molar refractivity (Wildman–Crippen MR) is 183 cm³/mol. The van der Waals surface area contributed by atoms with Crippen LogP contribution in [0.2, 0.25) is 0 Å². The third-order valence-corrected chi connectivity index (χ3v) is 10.5. The number of hydrogen-bond donors (Lipinski definition) is 0. The van der Waals surface area contributed by atoms with Crippen molar-refractivity contribution >= 4 is 31.9 Å². The summed E-state index contributed by atoms with van der Waals surface area (Å²) < 4.78 is 0. The fraction of sp³-hybridized carbons (Fsp3) is 0.676. The molecule has 4 atom stereocenters. The second kappa shape index (κ2) is 21.2. The molecule has 0 aromatic heterocycles. The average Bonchev–Trinajstić information content (AvgIpc) is 3.31. The Kier molecular flexibility index (Phi) is 18.8. The van der Waals surface area contributed by atoms with E-state index in [1.54, 1.807) is 11.1 Å². The molecule has 1 aliphatic rings. The number of rotatable bonds is 18. The summed E-state index contributed by atoms with van der Waals surface area (Å²) in [5.74, 6) is 1.71. The van der Waals surface area contributed by atoms with Gasteiger partial charge in [0.1, 0.15) is 0 Å². The van der Waals surface area contributed by atoms with Gasteiger partial charge < -0.3 is 0 Å². The van der Waals surface area contributed by atoms with Gasteiger partial charge in [-0.1, -0.05) is 185 Å². The van der Waals surface area contributed by atoms with Crippen molar-refractivity contribution in [2.45, 2.75) is 158 Å². The fourth-order valence-corrected chi connectivity index (χ4v) is 7.70. The first-order valence-corrected chi connectivity index (χ1v) is 18.4. The van der Waals surface area contributed by atoms with Gasteiger partial charge in [0, 0.05) is 9.65 Å². The molecule has 0 saturated heterocycles.